The molecule has 0 aliphatic heterocycles. The van der Waals surface area contributed by atoms with E-state index in [1.165, 1.54) is 12.8 Å². The van der Waals surface area contributed by atoms with Gasteiger partial charge in [0.05, 0.1) is 11.7 Å². The summed E-state index contributed by atoms with van der Waals surface area (Å²) in [7, 11) is 4.15. The molecule has 2 N–H and O–H groups in total. The fourth-order valence-corrected chi connectivity index (χ4v) is 8.10. The Labute approximate surface area is 183 Å². The van der Waals surface area contributed by atoms with Crippen LogP contribution in [0, 0.1) is 34.5 Å². The first-order valence-corrected chi connectivity index (χ1v) is 12.4. The summed E-state index contributed by atoms with van der Waals surface area (Å²) >= 11 is 0. The number of aliphatic hydroxyl groups excluding tert-OH is 1. The van der Waals surface area contributed by atoms with Crippen molar-refractivity contribution in [2.24, 2.45) is 39.7 Å². The highest BCUT2D eigenvalue weighted by molar-refractivity contribution is 5.63. The van der Waals surface area contributed by atoms with E-state index in [1.54, 1.807) is 0 Å². The topological polar surface area (TPSA) is 65.3 Å². The molecule has 5 nitrogen and oxygen atoms in total. The average Bonchev–Trinajstić information content (AvgIpc) is 2.96. The average molecular weight is 421 g/mol. The second-order valence-electron chi connectivity index (χ2n) is 11.7. The maximum atomic E-state index is 12.1. The molecular formula is C25H44N2O3. The highest BCUT2D eigenvalue weighted by Gasteiger charge is 2.66. The first-order valence-electron chi connectivity index (χ1n) is 12.4. The molecule has 0 aromatic heterocycles. The van der Waals surface area contributed by atoms with Gasteiger partial charge in [0.1, 0.15) is 6.61 Å². The number of hydrogen-bond donors (Lipinski definition) is 2. The molecule has 0 heterocycles. The lowest BCUT2D eigenvalue weighted by atomic mass is 9.43. The summed E-state index contributed by atoms with van der Waals surface area (Å²) in [6.07, 6.45) is 12.4. The van der Waals surface area contributed by atoms with Crippen LogP contribution in [0.1, 0.15) is 78.1 Å². The van der Waals surface area contributed by atoms with Gasteiger partial charge in [-0.2, -0.15) is 0 Å². The summed E-state index contributed by atoms with van der Waals surface area (Å²) < 4.78 is 0. The second kappa shape index (κ2) is 8.37. The number of hydrogen-bond acceptors (Lipinski definition) is 5. The standard InChI is InChI=1S/C25H44N2O3/c1-23-11-9-20(28)16-18(23)6-7-22-21(23)10-12-24(2)19(8-13-25(22,24)29)17-26-30-15-5-14-27(3)4/h17-22,28-29H,5-16H2,1-4H3/b26-17+/t18-,19-,20+,21+,22-,23+,24-,25+/m1/s1. The molecular weight excluding hydrogens is 376 g/mol. The molecule has 4 rings (SSSR count). The monoisotopic (exact) mass is 420 g/mol. The van der Waals surface area contributed by atoms with Crippen LogP contribution in [0.5, 0.6) is 0 Å². The third kappa shape index (κ3) is 3.63. The van der Waals surface area contributed by atoms with E-state index in [2.05, 4.69) is 38.0 Å². The highest BCUT2D eigenvalue weighted by Crippen LogP contribution is 2.68. The third-order valence-electron chi connectivity index (χ3n) is 10.1. The van der Waals surface area contributed by atoms with Gasteiger partial charge in [0.25, 0.3) is 0 Å². The van der Waals surface area contributed by atoms with Crippen LogP contribution < -0.4 is 0 Å². The van der Waals surface area contributed by atoms with E-state index in [0.29, 0.717) is 35.7 Å². The van der Waals surface area contributed by atoms with Crippen LogP contribution >= 0.6 is 0 Å². The van der Waals surface area contributed by atoms with Crippen molar-refractivity contribution in [1.82, 2.24) is 4.90 Å². The van der Waals surface area contributed by atoms with E-state index in [0.717, 1.165) is 57.9 Å². The van der Waals surface area contributed by atoms with Crippen molar-refractivity contribution in [3.8, 4) is 0 Å². The Kier molecular flexibility index (Phi) is 6.29. The van der Waals surface area contributed by atoms with E-state index < -0.39 is 5.60 Å². The molecule has 0 bridgehead atoms. The summed E-state index contributed by atoms with van der Waals surface area (Å²) in [5.41, 5.74) is -0.384. The summed E-state index contributed by atoms with van der Waals surface area (Å²) in [6, 6.07) is 0. The van der Waals surface area contributed by atoms with Gasteiger partial charge in [-0.15, -0.1) is 0 Å². The first-order chi connectivity index (χ1) is 14.2. The van der Waals surface area contributed by atoms with Crippen molar-refractivity contribution < 1.29 is 15.1 Å². The maximum Gasteiger partial charge on any atom is 0.118 e. The van der Waals surface area contributed by atoms with E-state index in [9.17, 15) is 10.2 Å². The molecule has 0 unspecified atom stereocenters. The number of aliphatic hydroxyl groups is 2. The molecule has 172 valence electrons. The maximum absolute atomic E-state index is 12.1. The molecule has 0 radical (unpaired) electrons. The second-order valence-corrected chi connectivity index (χ2v) is 11.7. The Morgan fingerprint density at radius 1 is 1.03 bits per heavy atom. The van der Waals surface area contributed by atoms with Gasteiger partial charge < -0.3 is 20.0 Å². The molecule has 0 aromatic carbocycles. The molecule has 0 amide bonds. The van der Waals surface area contributed by atoms with Gasteiger partial charge >= 0.3 is 0 Å². The zero-order valence-corrected chi connectivity index (χ0v) is 19.6. The van der Waals surface area contributed by atoms with E-state index in [-0.39, 0.29) is 11.5 Å². The van der Waals surface area contributed by atoms with Crippen molar-refractivity contribution in [3.63, 3.8) is 0 Å². The first kappa shape index (κ1) is 22.5. The van der Waals surface area contributed by atoms with Crippen LogP contribution in [-0.4, -0.2) is 60.3 Å². The molecule has 0 saturated heterocycles. The summed E-state index contributed by atoms with van der Waals surface area (Å²) in [5, 5.41) is 26.7. The van der Waals surface area contributed by atoms with E-state index >= 15 is 0 Å². The predicted octanol–water partition coefficient (Wildman–Crippen LogP) is 4.08. The number of nitrogens with zero attached hydrogens (tertiary/aromatic N) is 2. The molecule has 4 fully saturated rings. The van der Waals surface area contributed by atoms with Crippen LogP contribution in [0.15, 0.2) is 5.16 Å². The normalized spacial score (nSPS) is 48.4. The minimum Gasteiger partial charge on any atom is -0.396 e. The number of rotatable bonds is 6. The van der Waals surface area contributed by atoms with Crippen LogP contribution in [-0.2, 0) is 4.84 Å². The Balaban J connectivity index is 1.44. The molecule has 4 aliphatic rings. The lowest BCUT2D eigenvalue weighted by molar-refractivity contribution is -0.206. The zero-order valence-electron chi connectivity index (χ0n) is 19.6. The van der Waals surface area contributed by atoms with Gasteiger partial charge in [0, 0.05) is 24.1 Å². The van der Waals surface area contributed by atoms with Crippen LogP contribution in [0.2, 0.25) is 0 Å². The molecule has 0 spiro atoms. The molecule has 30 heavy (non-hydrogen) atoms. The Morgan fingerprint density at radius 2 is 1.83 bits per heavy atom. The number of fused-ring (bicyclic) bond motifs is 5. The van der Waals surface area contributed by atoms with E-state index in [1.807, 2.05) is 6.21 Å². The third-order valence-corrected chi connectivity index (χ3v) is 10.1. The van der Waals surface area contributed by atoms with Crippen molar-refractivity contribution in [3.05, 3.63) is 0 Å². The molecule has 0 aromatic rings. The predicted molar refractivity (Wildman–Crippen MR) is 120 cm³/mol. The van der Waals surface area contributed by atoms with Gasteiger partial charge in [-0.05, 0) is 101 Å². The van der Waals surface area contributed by atoms with Gasteiger partial charge in [0.15, 0.2) is 0 Å². The van der Waals surface area contributed by atoms with E-state index in [4.69, 9.17) is 4.84 Å². The molecule has 4 aliphatic carbocycles. The minimum absolute atomic E-state index is 0.0952. The van der Waals surface area contributed by atoms with Gasteiger partial charge in [-0.1, -0.05) is 19.0 Å². The Bertz CT molecular complexity index is 640. The van der Waals surface area contributed by atoms with Crippen molar-refractivity contribution in [2.45, 2.75) is 89.8 Å². The van der Waals surface area contributed by atoms with Gasteiger partial charge in [0.2, 0.25) is 0 Å². The molecule has 4 saturated carbocycles. The molecule has 5 heteroatoms. The lowest BCUT2D eigenvalue weighted by Gasteiger charge is -2.63. The van der Waals surface area contributed by atoms with Crippen LogP contribution in [0.25, 0.3) is 0 Å². The van der Waals surface area contributed by atoms with Crippen LogP contribution in [0.3, 0.4) is 0 Å². The Morgan fingerprint density at radius 3 is 2.60 bits per heavy atom. The quantitative estimate of drug-likeness (QED) is 0.386. The highest BCUT2D eigenvalue weighted by atomic mass is 16.6. The molecule has 8 atom stereocenters. The fourth-order valence-electron chi connectivity index (χ4n) is 8.10. The zero-order chi connectivity index (χ0) is 21.6. The van der Waals surface area contributed by atoms with Gasteiger partial charge in [-0.25, -0.2) is 0 Å². The largest absolute Gasteiger partial charge is 0.396 e. The smallest absolute Gasteiger partial charge is 0.118 e. The fraction of sp³-hybridized carbons (Fsp3) is 0.960. The van der Waals surface area contributed by atoms with Gasteiger partial charge in [-0.3, -0.25) is 0 Å². The SMILES string of the molecule is CN(C)CCCO/N=C/[C@H]1CC[C@]2(O)[C@@H]3CC[C@@H]4C[C@@H](O)CC[C@]4(C)[C@H]3CC[C@]12C. The lowest BCUT2D eigenvalue weighted by Crippen LogP contribution is -2.62. The van der Waals surface area contributed by atoms with Crippen molar-refractivity contribution in [1.29, 1.82) is 0 Å². The number of oxime groups is 1. The summed E-state index contributed by atoms with van der Waals surface area (Å²) in [5.74, 6) is 1.92. The van der Waals surface area contributed by atoms with Crippen molar-refractivity contribution >= 4 is 6.21 Å². The van der Waals surface area contributed by atoms with Crippen molar-refractivity contribution in [2.75, 3.05) is 27.2 Å². The van der Waals surface area contributed by atoms with Crippen LogP contribution in [0.4, 0.5) is 0 Å². The summed E-state index contributed by atoms with van der Waals surface area (Å²) in [4.78, 5) is 7.70. The minimum atomic E-state index is -0.582. The summed E-state index contributed by atoms with van der Waals surface area (Å²) in [6.45, 7) is 6.45. The Hall–Kier alpha value is -0.650.